The lowest BCUT2D eigenvalue weighted by Crippen LogP contribution is -2.32. The summed E-state index contributed by atoms with van der Waals surface area (Å²) >= 11 is 0. The number of aryl methyl sites for hydroxylation is 1. The first kappa shape index (κ1) is 20.5. The number of sulfonamides is 1. The quantitative estimate of drug-likeness (QED) is 0.446. The van der Waals surface area contributed by atoms with Crippen molar-refractivity contribution in [2.24, 2.45) is 7.05 Å². The number of non-ortho nitro benzene ring substituents is 1. The van der Waals surface area contributed by atoms with Crippen LogP contribution < -0.4 is 9.46 Å². The van der Waals surface area contributed by atoms with Crippen molar-refractivity contribution >= 4 is 15.7 Å². The van der Waals surface area contributed by atoms with Crippen LogP contribution in [0, 0.1) is 10.1 Å². The van der Waals surface area contributed by atoms with Crippen molar-refractivity contribution in [2.45, 2.75) is 11.8 Å². The number of aromatic nitrogens is 2. The third kappa shape index (κ3) is 4.98. The Morgan fingerprint density at radius 2 is 1.97 bits per heavy atom. The first-order chi connectivity index (χ1) is 13.8. The normalized spacial score (nSPS) is 12.5. The third-order valence-corrected chi connectivity index (χ3v) is 5.65. The maximum atomic E-state index is 12.9. The van der Waals surface area contributed by atoms with Gasteiger partial charge in [-0.3, -0.25) is 10.1 Å². The van der Waals surface area contributed by atoms with Crippen LogP contribution in [-0.4, -0.2) is 30.0 Å². The standard InChI is InChI=1S/C19H20N4O5S/c1-22-11-10-20-19(22)18(15-4-3-5-17(12-15)28-2)21-29(26,27)13-14-6-8-16(9-7-14)23(24)25/h3-12,18,21H,13H2,1-2H3. The molecule has 0 amide bonds. The first-order valence-corrected chi connectivity index (χ1v) is 10.3. The molecular weight excluding hydrogens is 396 g/mol. The highest BCUT2D eigenvalue weighted by Crippen LogP contribution is 2.25. The number of nitro groups is 1. The van der Waals surface area contributed by atoms with Crippen molar-refractivity contribution in [3.8, 4) is 5.75 Å². The number of imidazole rings is 1. The molecule has 0 radical (unpaired) electrons. The van der Waals surface area contributed by atoms with E-state index in [2.05, 4.69) is 9.71 Å². The number of nitrogens with one attached hydrogen (secondary N) is 1. The van der Waals surface area contributed by atoms with Crippen molar-refractivity contribution in [2.75, 3.05) is 7.11 Å². The lowest BCUT2D eigenvalue weighted by Gasteiger charge is -2.20. The van der Waals surface area contributed by atoms with E-state index < -0.39 is 21.0 Å². The molecule has 1 heterocycles. The average molecular weight is 416 g/mol. The second-order valence-corrected chi connectivity index (χ2v) is 8.16. The minimum Gasteiger partial charge on any atom is -0.497 e. The Kier molecular flexibility index (Phi) is 5.95. The van der Waals surface area contributed by atoms with E-state index in [1.807, 2.05) is 0 Å². The highest BCUT2D eigenvalue weighted by Gasteiger charge is 2.25. The minimum atomic E-state index is -3.79. The van der Waals surface area contributed by atoms with Gasteiger partial charge in [-0.1, -0.05) is 24.3 Å². The summed E-state index contributed by atoms with van der Waals surface area (Å²) in [5.41, 5.74) is 1.01. The van der Waals surface area contributed by atoms with Gasteiger partial charge in [0, 0.05) is 31.6 Å². The molecule has 10 heteroatoms. The zero-order chi connectivity index (χ0) is 21.0. The minimum absolute atomic E-state index is 0.0959. The summed E-state index contributed by atoms with van der Waals surface area (Å²) in [5, 5.41) is 10.8. The van der Waals surface area contributed by atoms with E-state index in [4.69, 9.17) is 4.74 Å². The molecule has 0 saturated carbocycles. The van der Waals surface area contributed by atoms with Crippen LogP contribution in [0.3, 0.4) is 0 Å². The molecule has 1 atom stereocenters. The number of hydrogen-bond acceptors (Lipinski definition) is 6. The van der Waals surface area contributed by atoms with Crippen LogP contribution in [0.25, 0.3) is 0 Å². The van der Waals surface area contributed by atoms with Crippen LogP contribution in [0.4, 0.5) is 5.69 Å². The third-order valence-electron chi connectivity index (χ3n) is 4.35. The second-order valence-electron chi connectivity index (χ2n) is 6.41. The fourth-order valence-electron chi connectivity index (χ4n) is 2.90. The highest BCUT2D eigenvalue weighted by atomic mass is 32.2. The molecule has 0 spiro atoms. The van der Waals surface area contributed by atoms with E-state index in [1.165, 1.54) is 31.4 Å². The van der Waals surface area contributed by atoms with Gasteiger partial charge in [0.15, 0.2) is 0 Å². The van der Waals surface area contributed by atoms with Crippen molar-refractivity contribution < 1.29 is 18.1 Å². The maximum absolute atomic E-state index is 12.9. The van der Waals surface area contributed by atoms with Gasteiger partial charge >= 0.3 is 0 Å². The topological polar surface area (TPSA) is 116 Å². The molecule has 1 unspecified atom stereocenters. The van der Waals surface area contributed by atoms with E-state index >= 15 is 0 Å². The maximum Gasteiger partial charge on any atom is 0.269 e. The number of methoxy groups -OCH3 is 1. The zero-order valence-corrected chi connectivity index (χ0v) is 16.7. The largest absolute Gasteiger partial charge is 0.497 e. The Morgan fingerprint density at radius 3 is 2.55 bits per heavy atom. The summed E-state index contributed by atoms with van der Waals surface area (Å²) in [7, 11) is -0.478. The van der Waals surface area contributed by atoms with Gasteiger partial charge in [0.1, 0.15) is 17.6 Å². The number of nitro benzene ring substituents is 1. The molecule has 9 nitrogen and oxygen atoms in total. The van der Waals surface area contributed by atoms with E-state index in [9.17, 15) is 18.5 Å². The Hall–Kier alpha value is -3.24. The molecule has 1 N–H and O–H groups in total. The molecule has 3 aromatic rings. The lowest BCUT2D eigenvalue weighted by molar-refractivity contribution is -0.384. The van der Waals surface area contributed by atoms with Gasteiger partial charge in [-0.15, -0.1) is 0 Å². The number of benzene rings is 2. The number of nitrogens with zero attached hydrogens (tertiary/aromatic N) is 3. The number of ether oxygens (including phenoxy) is 1. The molecular formula is C19H20N4O5S. The van der Waals surface area contributed by atoms with Crippen LogP contribution in [0.1, 0.15) is 23.0 Å². The van der Waals surface area contributed by atoms with Crippen LogP contribution in [0.15, 0.2) is 60.9 Å². The Balaban J connectivity index is 1.90. The second kappa shape index (κ2) is 8.41. The van der Waals surface area contributed by atoms with Crippen LogP contribution in [0.5, 0.6) is 5.75 Å². The number of hydrogen-bond donors (Lipinski definition) is 1. The van der Waals surface area contributed by atoms with E-state index in [1.54, 1.807) is 48.3 Å². The lowest BCUT2D eigenvalue weighted by atomic mass is 10.1. The first-order valence-electron chi connectivity index (χ1n) is 8.63. The zero-order valence-electron chi connectivity index (χ0n) is 15.8. The molecule has 1 aromatic heterocycles. The van der Waals surface area contributed by atoms with E-state index in [0.29, 0.717) is 22.7 Å². The predicted octanol–water partition coefficient (Wildman–Crippen LogP) is 2.55. The van der Waals surface area contributed by atoms with E-state index in [0.717, 1.165) is 0 Å². The molecule has 29 heavy (non-hydrogen) atoms. The van der Waals surface area contributed by atoms with Gasteiger partial charge in [-0.2, -0.15) is 4.72 Å². The molecule has 0 aliphatic heterocycles. The molecule has 0 fully saturated rings. The molecule has 152 valence electrons. The predicted molar refractivity (Wildman–Crippen MR) is 107 cm³/mol. The number of rotatable bonds is 8. The fraction of sp³-hybridized carbons (Fsp3) is 0.211. The van der Waals surface area contributed by atoms with Gasteiger partial charge in [0.2, 0.25) is 10.0 Å². The van der Waals surface area contributed by atoms with Crippen LogP contribution in [-0.2, 0) is 22.8 Å². The van der Waals surface area contributed by atoms with Crippen molar-refractivity contribution in [3.63, 3.8) is 0 Å². The fourth-order valence-corrected chi connectivity index (χ4v) is 4.22. The smallest absolute Gasteiger partial charge is 0.269 e. The van der Waals surface area contributed by atoms with Gasteiger partial charge in [0.25, 0.3) is 5.69 Å². The Morgan fingerprint density at radius 1 is 1.24 bits per heavy atom. The van der Waals surface area contributed by atoms with Crippen LogP contribution >= 0.6 is 0 Å². The Labute approximate surface area is 168 Å². The summed E-state index contributed by atoms with van der Waals surface area (Å²) in [6.45, 7) is 0. The van der Waals surface area contributed by atoms with Crippen molar-refractivity contribution in [1.82, 2.24) is 14.3 Å². The molecule has 0 aliphatic rings. The van der Waals surface area contributed by atoms with Gasteiger partial charge in [-0.05, 0) is 23.3 Å². The summed E-state index contributed by atoms with van der Waals surface area (Å²) < 4.78 is 35.4. The van der Waals surface area contributed by atoms with Gasteiger partial charge in [0.05, 0.1) is 17.8 Å². The molecule has 0 aliphatic carbocycles. The summed E-state index contributed by atoms with van der Waals surface area (Å²) in [4.78, 5) is 14.5. The van der Waals surface area contributed by atoms with Gasteiger partial charge < -0.3 is 9.30 Å². The summed E-state index contributed by atoms with van der Waals surface area (Å²) in [6, 6.07) is 11.8. The van der Waals surface area contributed by atoms with Crippen molar-refractivity contribution in [1.29, 1.82) is 0 Å². The molecule has 0 saturated heterocycles. The van der Waals surface area contributed by atoms with Gasteiger partial charge in [-0.25, -0.2) is 13.4 Å². The monoisotopic (exact) mass is 416 g/mol. The molecule has 0 bridgehead atoms. The molecule has 2 aromatic carbocycles. The Bertz CT molecular complexity index is 1110. The van der Waals surface area contributed by atoms with Crippen LogP contribution in [0.2, 0.25) is 0 Å². The summed E-state index contributed by atoms with van der Waals surface area (Å²) in [5.74, 6) is 0.789. The average Bonchev–Trinajstić information content (AvgIpc) is 3.12. The van der Waals surface area contributed by atoms with Crippen molar-refractivity contribution in [3.05, 3.63) is 88.0 Å². The highest BCUT2D eigenvalue weighted by molar-refractivity contribution is 7.88. The summed E-state index contributed by atoms with van der Waals surface area (Å²) in [6.07, 6.45) is 3.32. The van der Waals surface area contributed by atoms with E-state index in [-0.39, 0.29) is 11.4 Å². The SMILES string of the molecule is COc1cccc(C(NS(=O)(=O)Cc2ccc([N+](=O)[O-])cc2)c2nccn2C)c1. The molecule has 3 rings (SSSR count).